The molecule has 0 fully saturated rings. The van der Waals surface area contributed by atoms with Crippen LogP contribution in [-0.2, 0) is 0 Å². The Balaban J connectivity index is 2.18. The second-order valence-corrected chi connectivity index (χ2v) is 3.13. The quantitative estimate of drug-likeness (QED) is 0.671. The van der Waals surface area contributed by atoms with Gasteiger partial charge in [0.25, 0.3) is 0 Å². The highest BCUT2D eigenvalue weighted by atomic mass is 16.5. The predicted octanol–water partition coefficient (Wildman–Crippen LogP) is 2.29. The van der Waals surface area contributed by atoms with Crippen LogP contribution in [0.1, 0.15) is 11.3 Å². The van der Waals surface area contributed by atoms with Gasteiger partial charge in [-0.1, -0.05) is 12.0 Å². The van der Waals surface area contributed by atoms with Gasteiger partial charge in [-0.3, -0.25) is 0 Å². The lowest BCUT2D eigenvalue weighted by molar-refractivity contribution is 0.415. The number of hydrogen-bond donors (Lipinski definition) is 0. The molecule has 16 heavy (non-hydrogen) atoms. The zero-order valence-electron chi connectivity index (χ0n) is 8.90. The van der Waals surface area contributed by atoms with Crippen LogP contribution in [0.5, 0.6) is 5.75 Å². The Labute approximate surface area is 94.9 Å². The van der Waals surface area contributed by atoms with E-state index in [1.54, 1.807) is 13.2 Å². The van der Waals surface area contributed by atoms with Gasteiger partial charge in [0.1, 0.15) is 11.4 Å². The molecule has 0 amide bonds. The molecule has 1 heterocycles. The van der Waals surface area contributed by atoms with Crippen molar-refractivity contribution in [2.45, 2.75) is 0 Å². The zero-order chi connectivity index (χ0) is 11.2. The predicted molar refractivity (Wildman–Crippen MR) is 62.0 cm³/mol. The maximum absolute atomic E-state index is 5.07. The average Bonchev–Trinajstić information content (AvgIpc) is 2.38. The van der Waals surface area contributed by atoms with E-state index >= 15 is 0 Å². The number of aromatic nitrogens is 1. The normalized spacial score (nSPS) is 9.06. The Morgan fingerprint density at radius 2 is 1.94 bits per heavy atom. The fourth-order valence-corrected chi connectivity index (χ4v) is 1.21. The second kappa shape index (κ2) is 4.99. The summed E-state index contributed by atoms with van der Waals surface area (Å²) in [6, 6.07) is 13.1. The average molecular weight is 208 g/mol. The van der Waals surface area contributed by atoms with E-state index in [2.05, 4.69) is 23.0 Å². The van der Waals surface area contributed by atoms with Gasteiger partial charge in [0.15, 0.2) is 0 Å². The van der Waals surface area contributed by atoms with Gasteiger partial charge in [-0.25, -0.2) is 4.98 Å². The molecule has 0 aliphatic rings. The number of hydrogen-bond acceptors (Lipinski definition) is 2. The molecule has 2 nitrogen and oxygen atoms in total. The smallest absolute Gasteiger partial charge is 0.118 e. The van der Waals surface area contributed by atoms with E-state index in [0.29, 0.717) is 0 Å². The number of ether oxygens (including phenoxy) is 1. The van der Waals surface area contributed by atoms with Crippen LogP contribution < -0.4 is 4.74 Å². The highest BCUT2D eigenvalue weighted by Crippen LogP contribution is 2.10. The van der Waals surface area contributed by atoms with E-state index in [1.165, 1.54) is 0 Å². The van der Waals surface area contributed by atoms with Crippen LogP contribution in [0.3, 0.4) is 0 Å². The first-order valence-corrected chi connectivity index (χ1v) is 4.87. The van der Waals surface area contributed by atoms with Crippen LogP contribution in [0, 0.1) is 18.0 Å². The summed E-state index contributed by atoms with van der Waals surface area (Å²) in [4.78, 5) is 4.00. The largest absolute Gasteiger partial charge is 0.497 e. The maximum atomic E-state index is 5.07. The molecule has 77 valence electrons. The fraction of sp³-hybridized carbons (Fsp3) is 0.0714. The molecule has 0 aliphatic carbocycles. The lowest BCUT2D eigenvalue weighted by atomic mass is 10.2. The molecule has 0 aliphatic heterocycles. The molecule has 2 aromatic rings. The van der Waals surface area contributed by atoms with Crippen LogP contribution >= 0.6 is 0 Å². The standard InChI is InChI=1S/C14H10NO/c1-16-14-9-6-12(7-10-14)5-8-13-4-2-3-11-15-13/h2-4,6-7,9-10H,1H3. The molecule has 0 N–H and O–H groups in total. The Kier molecular flexibility index (Phi) is 3.20. The molecule has 0 spiro atoms. The third-order valence-corrected chi connectivity index (χ3v) is 2.03. The lowest BCUT2D eigenvalue weighted by Gasteiger charge is -1.97. The lowest BCUT2D eigenvalue weighted by Crippen LogP contribution is -1.82. The Morgan fingerprint density at radius 1 is 1.12 bits per heavy atom. The highest BCUT2D eigenvalue weighted by molar-refractivity contribution is 5.42. The Morgan fingerprint density at radius 3 is 2.56 bits per heavy atom. The van der Waals surface area contributed by atoms with Crippen LogP contribution in [0.2, 0.25) is 0 Å². The van der Waals surface area contributed by atoms with Crippen molar-refractivity contribution in [1.29, 1.82) is 0 Å². The van der Waals surface area contributed by atoms with Crippen LogP contribution in [-0.4, -0.2) is 12.1 Å². The topological polar surface area (TPSA) is 22.1 Å². The molecule has 1 aromatic carbocycles. The molecule has 2 heteroatoms. The number of rotatable bonds is 1. The third-order valence-electron chi connectivity index (χ3n) is 2.03. The van der Waals surface area contributed by atoms with Crippen molar-refractivity contribution in [1.82, 2.24) is 4.98 Å². The van der Waals surface area contributed by atoms with Crippen molar-refractivity contribution < 1.29 is 4.74 Å². The van der Waals surface area contributed by atoms with E-state index in [1.807, 2.05) is 36.4 Å². The zero-order valence-corrected chi connectivity index (χ0v) is 8.90. The summed E-state index contributed by atoms with van der Waals surface area (Å²) in [7, 11) is 1.64. The minimum atomic E-state index is 0.721. The maximum Gasteiger partial charge on any atom is 0.118 e. The van der Waals surface area contributed by atoms with Crippen LogP contribution in [0.15, 0.2) is 42.5 Å². The van der Waals surface area contributed by atoms with Crippen LogP contribution in [0.25, 0.3) is 0 Å². The van der Waals surface area contributed by atoms with Crippen molar-refractivity contribution >= 4 is 0 Å². The van der Waals surface area contributed by atoms with Gasteiger partial charge in [0.2, 0.25) is 0 Å². The van der Waals surface area contributed by atoms with Gasteiger partial charge in [-0.15, -0.1) is 0 Å². The second-order valence-electron chi connectivity index (χ2n) is 3.13. The third kappa shape index (κ3) is 2.61. The van der Waals surface area contributed by atoms with Crippen molar-refractivity contribution in [3.63, 3.8) is 0 Å². The summed E-state index contributed by atoms with van der Waals surface area (Å²) in [6.07, 6.45) is 2.74. The Hall–Kier alpha value is -2.27. The highest BCUT2D eigenvalue weighted by Gasteiger charge is 1.90. The summed E-state index contributed by atoms with van der Waals surface area (Å²) < 4.78 is 5.07. The molecular formula is C14H10NO. The van der Waals surface area contributed by atoms with Crippen molar-refractivity contribution in [3.05, 3.63) is 59.9 Å². The van der Waals surface area contributed by atoms with Gasteiger partial charge in [0, 0.05) is 5.56 Å². The van der Waals surface area contributed by atoms with Crippen LogP contribution in [0.4, 0.5) is 0 Å². The number of methoxy groups -OCH3 is 1. The molecule has 2 rings (SSSR count). The van der Waals surface area contributed by atoms with Crippen molar-refractivity contribution in [2.75, 3.05) is 7.11 Å². The molecule has 1 aromatic heterocycles. The van der Waals surface area contributed by atoms with Gasteiger partial charge in [-0.05, 0) is 42.3 Å². The van der Waals surface area contributed by atoms with E-state index in [4.69, 9.17) is 4.74 Å². The first-order valence-electron chi connectivity index (χ1n) is 4.87. The van der Waals surface area contributed by atoms with Crippen molar-refractivity contribution in [3.8, 4) is 17.6 Å². The minimum absolute atomic E-state index is 0.721. The number of benzene rings is 1. The molecule has 0 atom stereocenters. The molecule has 0 bridgehead atoms. The van der Waals surface area contributed by atoms with Gasteiger partial charge in [-0.2, -0.15) is 0 Å². The minimum Gasteiger partial charge on any atom is -0.497 e. The van der Waals surface area contributed by atoms with Gasteiger partial charge >= 0.3 is 0 Å². The monoisotopic (exact) mass is 208 g/mol. The molecule has 1 radical (unpaired) electrons. The first kappa shape index (κ1) is 10.3. The Bertz CT molecular complexity index is 506. The summed E-state index contributed by atoms with van der Waals surface area (Å²) >= 11 is 0. The summed E-state index contributed by atoms with van der Waals surface area (Å²) in [5.41, 5.74) is 1.66. The first-order chi connectivity index (χ1) is 7.88. The fourth-order valence-electron chi connectivity index (χ4n) is 1.21. The number of nitrogens with zero attached hydrogens (tertiary/aromatic N) is 1. The summed E-state index contributed by atoms with van der Waals surface area (Å²) in [5, 5.41) is 0. The summed E-state index contributed by atoms with van der Waals surface area (Å²) in [6.45, 7) is 0. The number of pyridine rings is 1. The van der Waals surface area contributed by atoms with Crippen molar-refractivity contribution in [2.24, 2.45) is 0 Å². The molecule has 0 saturated heterocycles. The molecule has 0 saturated carbocycles. The van der Waals surface area contributed by atoms with E-state index < -0.39 is 0 Å². The van der Waals surface area contributed by atoms with E-state index in [0.717, 1.165) is 17.0 Å². The molecule has 0 unspecified atom stereocenters. The van der Waals surface area contributed by atoms with E-state index in [-0.39, 0.29) is 0 Å². The summed E-state index contributed by atoms with van der Waals surface area (Å²) in [5.74, 6) is 6.82. The SMILES string of the molecule is COc1ccc(C#Cc2ccc[c]n2)cc1. The van der Waals surface area contributed by atoms with E-state index in [9.17, 15) is 0 Å². The molecular weight excluding hydrogens is 198 g/mol. The van der Waals surface area contributed by atoms with Gasteiger partial charge in [0.05, 0.1) is 13.3 Å². The van der Waals surface area contributed by atoms with Gasteiger partial charge < -0.3 is 4.74 Å².